The molecule has 3 nitrogen and oxygen atoms in total. The third-order valence-electron chi connectivity index (χ3n) is 3.69. The average Bonchev–Trinajstić information content (AvgIpc) is 2.86. The zero-order chi connectivity index (χ0) is 14.8. The van der Waals surface area contributed by atoms with Crippen molar-refractivity contribution in [3.8, 4) is 0 Å². The molecule has 0 aliphatic carbocycles. The van der Waals surface area contributed by atoms with Crippen LogP contribution in [0.1, 0.15) is 28.1 Å². The monoisotopic (exact) mass is 325 g/mol. The van der Waals surface area contributed by atoms with Gasteiger partial charge in [0.05, 0.1) is 0 Å². The van der Waals surface area contributed by atoms with Crippen molar-refractivity contribution in [2.75, 3.05) is 11.5 Å². The lowest BCUT2D eigenvalue weighted by atomic mass is 10.1. The molecule has 0 radical (unpaired) electrons. The van der Waals surface area contributed by atoms with Gasteiger partial charge in [-0.15, -0.1) is 11.3 Å². The molecule has 1 saturated heterocycles. The van der Waals surface area contributed by atoms with Crippen LogP contribution in [0.2, 0.25) is 0 Å². The van der Waals surface area contributed by atoms with Gasteiger partial charge in [-0.3, -0.25) is 0 Å². The van der Waals surface area contributed by atoms with Crippen LogP contribution < -0.4 is 5.32 Å². The highest BCUT2D eigenvalue weighted by molar-refractivity contribution is 7.99. The van der Waals surface area contributed by atoms with Crippen LogP contribution in [-0.2, 0) is 6.54 Å². The van der Waals surface area contributed by atoms with Crippen LogP contribution >= 0.6 is 23.1 Å². The van der Waals surface area contributed by atoms with E-state index in [4.69, 9.17) is 0 Å². The number of hydrogen-bond donors (Lipinski definition) is 2. The first-order chi connectivity index (χ1) is 10.2. The van der Waals surface area contributed by atoms with E-state index >= 15 is 0 Å². The maximum absolute atomic E-state index is 14.1. The van der Waals surface area contributed by atoms with Gasteiger partial charge < -0.3 is 10.4 Å². The Morgan fingerprint density at radius 3 is 3.05 bits per heavy atom. The summed E-state index contributed by atoms with van der Waals surface area (Å²) in [5.74, 6) is 0.901. The molecule has 0 amide bonds. The Balaban J connectivity index is 1.91. The quantitative estimate of drug-likeness (QED) is 0.899. The van der Waals surface area contributed by atoms with Crippen molar-refractivity contribution in [2.24, 2.45) is 0 Å². The average molecular weight is 325 g/mol. The van der Waals surface area contributed by atoms with Crippen LogP contribution in [0.3, 0.4) is 0 Å². The van der Waals surface area contributed by atoms with Gasteiger partial charge in [-0.2, -0.15) is 11.8 Å². The lowest BCUT2D eigenvalue weighted by molar-refractivity contribution is 0.0701. The Kier molecular flexibility index (Phi) is 4.47. The minimum absolute atomic E-state index is 0.242. The standard InChI is InChI=1S/C15H16FNO2S2/c16-11-4-1-5-12-13(11)10(14(21-12)15(18)19)7-17-9-3-2-6-20-8-9/h1,4-5,9,17H,2-3,6-8H2,(H,18,19). The van der Waals surface area contributed by atoms with Gasteiger partial charge in [0.15, 0.2) is 0 Å². The van der Waals surface area contributed by atoms with Gasteiger partial charge in [0, 0.05) is 34.0 Å². The predicted octanol–water partition coefficient (Wildman–Crippen LogP) is 3.72. The van der Waals surface area contributed by atoms with E-state index in [1.807, 2.05) is 11.8 Å². The molecule has 1 aromatic heterocycles. The van der Waals surface area contributed by atoms with Crippen molar-refractivity contribution in [3.05, 3.63) is 34.5 Å². The molecular formula is C15H16FNO2S2. The molecule has 2 N–H and O–H groups in total. The molecular weight excluding hydrogens is 309 g/mol. The molecule has 1 unspecified atom stereocenters. The normalized spacial score (nSPS) is 19.0. The summed E-state index contributed by atoms with van der Waals surface area (Å²) in [6.07, 6.45) is 2.27. The van der Waals surface area contributed by atoms with Gasteiger partial charge in [-0.05, 0) is 30.7 Å². The van der Waals surface area contributed by atoms with Crippen molar-refractivity contribution in [3.63, 3.8) is 0 Å². The topological polar surface area (TPSA) is 49.3 Å². The molecule has 0 saturated carbocycles. The minimum atomic E-state index is -0.981. The highest BCUT2D eigenvalue weighted by Crippen LogP contribution is 2.33. The molecule has 1 aromatic carbocycles. The summed E-state index contributed by atoms with van der Waals surface area (Å²) in [5, 5.41) is 13.2. The van der Waals surface area contributed by atoms with E-state index in [2.05, 4.69) is 5.32 Å². The number of fused-ring (bicyclic) bond motifs is 1. The van der Waals surface area contributed by atoms with E-state index in [1.165, 1.54) is 18.2 Å². The first kappa shape index (κ1) is 14.8. The Hall–Kier alpha value is -1.11. The van der Waals surface area contributed by atoms with Gasteiger partial charge in [-0.1, -0.05) is 6.07 Å². The van der Waals surface area contributed by atoms with Crippen molar-refractivity contribution in [2.45, 2.75) is 25.4 Å². The third kappa shape index (κ3) is 3.07. The molecule has 1 fully saturated rings. The van der Waals surface area contributed by atoms with E-state index in [-0.39, 0.29) is 10.7 Å². The maximum Gasteiger partial charge on any atom is 0.346 e. The predicted molar refractivity (Wildman–Crippen MR) is 85.9 cm³/mol. The van der Waals surface area contributed by atoms with Crippen LogP contribution in [0, 0.1) is 5.82 Å². The highest BCUT2D eigenvalue weighted by Gasteiger charge is 2.21. The first-order valence-corrected chi connectivity index (χ1v) is 8.88. The highest BCUT2D eigenvalue weighted by atomic mass is 32.2. The van der Waals surface area contributed by atoms with E-state index in [9.17, 15) is 14.3 Å². The minimum Gasteiger partial charge on any atom is -0.477 e. The fourth-order valence-electron chi connectivity index (χ4n) is 2.66. The molecule has 2 heterocycles. The van der Waals surface area contributed by atoms with E-state index in [0.717, 1.165) is 23.5 Å². The molecule has 0 bridgehead atoms. The molecule has 21 heavy (non-hydrogen) atoms. The number of carboxylic acid groups (broad SMARTS) is 1. The maximum atomic E-state index is 14.1. The summed E-state index contributed by atoms with van der Waals surface area (Å²) < 4.78 is 14.8. The second-order valence-electron chi connectivity index (χ2n) is 5.12. The van der Waals surface area contributed by atoms with Gasteiger partial charge in [0.2, 0.25) is 0 Å². The van der Waals surface area contributed by atoms with Gasteiger partial charge in [0.25, 0.3) is 0 Å². The second kappa shape index (κ2) is 6.34. The summed E-state index contributed by atoms with van der Waals surface area (Å²) in [7, 11) is 0. The van der Waals surface area contributed by atoms with E-state index in [0.29, 0.717) is 28.2 Å². The van der Waals surface area contributed by atoms with Crippen molar-refractivity contribution < 1.29 is 14.3 Å². The molecule has 112 valence electrons. The fourth-order valence-corrected chi connectivity index (χ4v) is 4.84. The molecule has 1 aliphatic rings. The zero-order valence-electron chi connectivity index (χ0n) is 11.4. The van der Waals surface area contributed by atoms with Crippen LogP contribution in [0.15, 0.2) is 18.2 Å². The van der Waals surface area contributed by atoms with Crippen molar-refractivity contribution in [1.29, 1.82) is 0 Å². The Morgan fingerprint density at radius 1 is 1.48 bits per heavy atom. The smallest absolute Gasteiger partial charge is 0.346 e. The lowest BCUT2D eigenvalue weighted by Crippen LogP contribution is -2.33. The summed E-state index contributed by atoms with van der Waals surface area (Å²) >= 11 is 3.06. The summed E-state index contributed by atoms with van der Waals surface area (Å²) in [5.41, 5.74) is 0.580. The summed E-state index contributed by atoms with van der Waals surface area (Å²) in [6.45, 7) is 0.411. The summed E-state index contributed by atoms with van der Waals surface area (Å²) in [6, 6.07) is 5.16. The number of rotatable bonds is 4. The molecule has 0 spiro atoms. The number of hydrogen-bond acceptors (Lipinski definition) is 4. The Labute approximate surface area is 130 Å². The van der Waals surface area contributed by atoms with Gasteiger partial charge in [-0.25, -0.2) is 9.18 Å². The van der Waals surface area contributed by atoms with Crippen LogP contribution in [0.4, 0.5) is 4.39 Å². The molecule has 2 aromatic rings. The Morgan fingerprint density at radius 2 is 2.33 bits per heavy atom. The number of nitrogens with one attached hydrogen (secondary N) is 1. The van der Waals surface area contributed by atoms with Gasteiger partial charge >= 0.3 is 5.97 Å². The first-order valence-electron chi connectivity index (χ1n) is 6.91. The lowest BCUT2D eigenvalue weighted by Gasteiger charge is -2.22. The fraction of sp³-hybridized carbons (Fsp3) is 0.400. The SMILES string of the molecule is O=C(O)c1sc2cccc(F)c2c1CNC1CCCSC1. The molecule has 6 heteroatoms. The van der Waals surface area contributed by atoms with Crippen LogP contribution in [0.25, 0.3) is 10.1 Å². The number of carboxylic acids is 1. The largest absolute Gasteiger partial charge is 0.477 e. The second-order valence-corrected chi connectivity index (χ2v) is 7.32. The van der Waals surface area contributed by atoms with E-state index in [1.54, 1.807) is 12.1 Å². The number of aromatic carboxylic acids is 1. The van der Waals surface area contributed by atoms with Crippen molar-refractivity contribution >= 4 is 39.2 Å². The molecule has 3 rings (SSSR count). The molecule has 1 atom stereocenters. The number of thioether (sulfide) groups is 1. The number of benzene rings is 1. The Bertz CT molecular complexity index is 665. The third-order valence-corrected chi connectivity index (χ3v) is 6.09. The van der Waals surface area contributed by atoms with Crippen molar-refractivity contribution in [1.82, 2.24) is 5.32 Å². The van der Waals surface area contributed by atoms with Gasteiger partial charge in [0.1, 0.15) is 10.7 Å². The number of halogens is 1. The number of carbonyl (C=O) groups is 1. The van der Waals surface area contributed by atoms with E-state index < -0.39 is 5.97 Å². The van der Waals surface area contributed by atoms with Crippen LogP contribution in [0.5, 0.6) is 0 Å². The van der Waals surface area contributed by atoms with Crippen LogP contribution in [-0.4, -0.2) is 28.6 Å². The number of thiophene rings is 1. The molecule has 1 aliphatic heterocycles. The zero-order valence-corrected chi connectivity index (χ0v) is 13.0. The summed E-state index contributed by atoms with van der Waals surface area (Å²) in [4.78, 5) is 11.7.